The first kappa shape index (κ1) is 108. The molecule has 0 rings (SSSR count). The molecule has 0 aliphatic carbocycles. The lowest BCUT2D eigenvalue weighted by atomic mass is 9.99. The number of carbonyl (C=O) groups excluding carboxylic acids is 4. The van der Waals surface area contributed by atoms with Crippen LogP contribution in [0.5, 0.6) is 0 Å². The van der Waals surface area contributed by atoms with Gasteiger partial charge >= 0.3 is 39.5 Å². The van der Waals surface area contributed by atoms with Crippen molar-refractivity contribution in [2.24, 2.45) is 23.7 Å². The van der Waals surface area contributed by atoms with Crippen molar-refractivity contribution in [3.05, 3.63) is 0 Å². The minimum absolute atomic E-state index is 0.107. The Morgan fingerprint density at radius 1 is 0.255 bits per heavy atom. The van der Waals surface area contributed by atoms with Gasteiger partial charge < -0.3 is 33.8 Å². The van der Waals surface area contributed by atoms with E-state index in [-0.39, 0.29) is 25.7 Å². The molecule has 0 saturated heterocycles. The smallest absolute Gasteiger partial charge is 0.462 e. The SMILES string of the molecule is CCC(C)CCCCCCCCCCCCCCCCC(=O)O[C@H](COC(=O)CCCCCCCCCC(C)C)COP(=O)(O)OCC(O)COP(=O)(O)OC[C@@H](COC(=O)CCCCCCCCCCCCCCCCCCCCC(C)C)OC(=O)CCCCCCCCCCCCCCCCCCCCC(C)C. The van der Waals surface area contributed by atoms with E-state index in [1.165, 1.54) is 276 Å². The Morgan fingerprint density at radius 3 is 0.645 bits per heavy atom. The van der Waals surface area contributed by atoms with Crippen LogP contribution in [-0.4, -0.2) is 96.7 Å². The van der Waals surface area contributed by atoms with Gasteiger partial charge in [0.25, 0.3) is 0 Å². The second-order valence-corrected chi connectivity index (χ2v) is 37.3. The minimum Gasteiger partial charge on any atom is -0.462 e. The van der Waals surface area contributed by atoms with Gasteiger partial charge in [0, 0.05) is 25.7 Å². The van der Waals surface area contributed by atoms with Gasteiger partial charge in [0.2, 0.25) is 0 Å². The molecule has 4 unspecified atom stereocenters. The van der Waals surface area contributed by atoms with Crippen molar-refractivity contribution in [3.8, 4) is 0 Å². The van der Waals surface area contributed by atoms with E-state index in [9.17, 15) is 43.2 Å². The van der Waals surface area contributed by atoms with Crippen LogP contribution in [0.15, 0.2) is 0 Å². The zero-order valence-corrected chi connectivity index (χ0v) is 74.7. The molecule has 0 bridgehead atoms. The summed E-state index contributed by atoms with van der Waals surface area (Å²) in [6.45, 7) is 14.4. The molecule has 0 aliphatic rings. The van der Waals surface area contributed by atoms with Gasteiger partial charge in [-0.25, -0.2) is 9.13 Å². The Labute approximate surface area is 677 Å². The molecule has 0 saturated carbocycles. The number of esters is 4. The van der Waals surface area contributed by atoms with Crippen LogP contribution in [0.4, 0.5) is 0 Å². The van der Waals surface area contributed by atoms with E-state index in [0.29, 0.717) is 31.6 Å². The standard InChI is InChI=1S/C91H178O17P2/c1-9-84(8)70-62-54-46-38-32-26-22-23-29-35-41-49-58-66-74-91(96)108-87(78-102-89(94)72-64-56-50-42-45-53-61-69-83(6)7)80-106-110(99,100)104-76-85(92)75-103-109(97,98)105-79-86(107-90(95)73-65-57-48-40-34-28-21-17-13-11-15-19-25-31-37-44-52-60-68-82(4)5)77-101-88(93)71-63-55-47-39-33-27-20-16-12-10-14-18-24-30-36-43-51-59-67-81(2)3/h81-87,92H,9-80H2,1-8H3,(H,97,98)(H,99,100)/t84?,85?,86-,87-/m1/s1. The molecule has 0 aromatic carbocycles. The maximum atomic E-state index is 13.2. The van der Waals surface area contributed by atoms with E-state index in [0.717, 1.165) is 114 Å². The fourth-order valence-corrected chi connectivity index (χ4v) is 15.7. The molecule has 0 aromatic rings. The molecule has 110 heavy (non-hydrogen) atoms. The van der Waals surface area contributed by atoms with Crippen molar-refractivity contribution in [1.29, 1.82) is 0 Å². The number of carbonyl (C=O) groups is 4. The van der Waals surface area contributed by atoms with Crippen LogP contribution >= 0.6 is 15.6 Å². The van der Waals surface area contributed by atoms with Crippen LogP contribution in [0, 0.1) is 23.7 Å². The summed E-state index contributed by atoms with van der Waals surface area (Å²) < 4.78 is 69.0. The summed E-state index contributed by atoms with van der Waals surface area (Å²) >= 11 is 0. The molecule has 3 N–H and O–H groups in total. The van der Waals surface area contributed by atoms with Gasteiger partial charge in [0.15, 0.2) is 12.2 Å². The highest BCUT2D eigenvalue weighted by molar-refractivity contribution is 7.47. The van der Waals surface area contributed by atoms with Crippen LogP contribution < -0.4 is 0 Å². The average Bonchev–Trinajstić information content (AvgIpc) is 0.898. The van der Waals surface area contributed by atoms with Gasteiger partial charge in [-0.1, -0.05) is 428 Å². The second-order valence-electron chi connectivity index (χ2n) is 34.4. The van der Waals surface area contributed by atoms with Gasteiger partial charge in [-0.3, -0.25) is 37.3 Å². The zero-order valence-electron chi connectivity index (χ0n) is 72.9. The first-order valence-corrected chi connectivity index (χ1v) is 49.7. The third-order valence-electron chi connectivity index (χ3n) is 21.7. The van der Waals surface area contributed by atoms with Crippen molar-refractivity contribution in [3.63, 3.8) is 0 Å². The number of ether oxygens (including phenoxy) is 4. The normalized spacial score (nSPS) is 14.1. The Kier molecular flexibility index (Phi) is 78.1. The number of hydrogen-bond donors (Lipinski definition) is 3. The van der Waals surface area contributed by atoms with Crippen molar-refractivity contribution in [2.75, 3.05) is 39.6 Å². The number of phosphoric acid groups is 2. The van der Waals surface area contributed by atoms with E-state index in [1.807, 2.05) is 0 Å². The molecule has 0 aromatic heterocycles. The highest BCUT2D eigenvalue weighted by Gasteiger charge is 2.31. The van der Waals surface area contributed by atoms with E-state index in [2.05, 4.69) is 55.4 Å². The fourth-order valence-electron chi connectivity index (χ4n) is 14.2. The zero-order chi connectivity index (χ0) is 80.9. The summed E-state index contributed by atoms with van der Waals surface area (Å²) in [6.07, 6.45) is 71.0. The lowest BCUT2D eigenvalue weighted by Crippen LogP contribution is -2.30. The summed E-state index contributed by atoms with van der Waals surface area (Å²) in [5, 5.41) is 10.7. The summed E-state index contributed by atoms with van der Waals surface area (Å²) in [4.78, 5) is 73.4. The fraction of sp³-hybridized carbons (Fsp3) is 0.956. The van der Waals surface area contributed by atoms with E-state index in [1.54, 1.807) is 0 Å². The maximum absolute atomic E-state index is 13.2. The summed E-state index contributed by atoms with van der Waals surface area (Å²) in [5.41, 5.74) is 0. The molecule has 0 amide bonds. The second kappa shape index (κ2) is 79.5. The molecular formula is C91H178O17P2. The van der Waals surface area contributed by atoms with E-state index >= 15 is 0 Å². The van der Waals surface area contributed by atoms with Crippen molar-refractivity contribution in [2.45, 2.75) is 497 Å². The first-order valence-electron chi connectivity index (χ1n) is 46.7. The highest BCUT2D eigenvalue weighted by atomic mass is 31.2. The predicted molar refractivity (Wildman–Crippen MR) is 455 cm³/mol. The number of hydrogen-bond acceptors (Lipinski definition) is 15. The molecule has 0 fully saturated rings. The first-order chi connectivity index (χ1) is 53.1. The minimum atomic E-state index is -4.97. The summed E-state index contributed by atoms with van der Waals surface area (Å²) in [5.74, 6) is 1.09. The number of phosphoric ester groups is 2. The highest BCUT2D eigenvalue weighted by Crippen LogP contribution is 2.45. The molecule has 17 nitrogen and oxygen atoms in total. The van der Waals surface area contributed by atoms with Crippen LogP contribution in [0.3, 0.4) is 0 Å². The van der Waals surface area contributed by atoms with Gasteiger partial charge in [-0.15, -0.1) is 0 Å². The lowest BCUT2D eigenvalue weighted by molar-refractivity contribution is -0.161. The number of unbranched alkanes of at least 4 members (excludes halogenated alkanes) is 53. The topological polar surface area (TPSA) is 237 Å². The molecule has 0 heterocycles. The maximum Gasteiger partial charge on any atom is 0.472 e. The van der Waals surface area contributed by atoms with Crippen molar-refractivity contribution in [1.82, 2.24) is 0 Å². The number of rotatable bonds is 88. The molecule has 654 valence electrons. The third-order valence-corrected chi connectivity index (χ3v) is 23.6. The van der Waals surface area contributed by atoms with Crippen molar-refractivity contribution >= 4 is 39.5 Å². The Balaban J connectivity index is 5.22. The molecule has 19 heteroatoms. The molecule has 0 radical (unpaired) electrons. The van der Waals surface area contributed by atoms with Gasteiger partial charge in [-0.05, 0) is 49.4 Å². The lowest BCUT2D eigenvalue weighted by Gasteiger charge is -2.21. The Hall–Kier alpha value is -1.94. The van der Waals surface area contributed by atoms with E-state index in [4.69, 9.17) is 37.0 Å². The quantitative estimate of drug-likeness (QED) is 0.0222. The largest absolute Gasteiger partial charge is 0.472 e. The van der Waals surface area contributed by atoms with E-state index < -0.39 is 97.5 Å². The molecular weight excluding hydrogens is 1430 g/mol. The third kappa shape index (κ3) is 82.6. The van der Waals surface area contributed by atoms with Gasteiger partial charge in [0.1, 0.15) is 19.3 Å². The summed E-state index contributed by atoms with van der Waals surface area (Å²) in [7, 11) is -9.94. The number of aliphatic hydroxyl groups is 1. The molecule has 0 aliphatic heterocycles. The van der Waals surface area contributed by atoms with Crippen molar-refractivity contribution < 1.29 is 80.2 Å². The Morgan fingerprint density at radius 2 is 0.436 bits per heavy atom. The van der Waals surface area contributed by atoms with Crippen LogP contribution in [0.1, 0.15) is 479 Å². The van der Waals surface area contributed by atoms with Gasteiger partial charge in [0.05, 0.1) is 26.4 Å². The van der Waals surface area contributed by atoms with Crippen LogP contribution in [0.2, 0.25) is 0 Å². The van der Waals surface area contributed by atoms with Crippen LogP contribution in [0.25, 0.3) is 0 Å². The van der Waals surface area contributed by atoms with Gasteiger partial charge in [-0.2, -0.15) is 0 Å². The molecule has 0 spiro atoms. The predicted octanol–water partition coefficient (Wildman–Crippen LogP) is 27.9. The summed E-state index contributed by atoms with van der Waals surface area (Å²) in [6, 6.07) is 0. The Bertz CT molecular complexity index is 2130. The number of aliphatic hydroxyl groups excluding tert-OH is 1. The monoisotopic (exact) mass is 1610 g/mol. The van der Waals surface area contributed by atoms with Crippen LogP contribution in [-0.2, 0) is 65.4 Å². The molecule has 6 atom stereocenters. The average molecular weight is 1610 g/mol.